The van der Waals surface area contributed by atoms with Gasteiger partial charge in [-0.1, -0.05) is 29.5 Å². The number of tetrazole rings is 1. The van der Waals surface area contributed by atoms with Gasteiger partial charge in [0, 0.05) is 45.2 Å². The molecule has 28 heavy (non-hydrogen) atoms. The van der Waals surface area contributed by atoms with E-state index in [0.29, 0.717) is 18.9 Å². The number of carbonyl (C=O) groups excluding carboxylic acids is 1. The molecule has 2 aliphatic rings. The Morgan fingerprint density at radius 3 is 2.71 bits per heavy atom. The van der Waals surface area contributed by atoms with E-state index in [1.54, 1.807) is 0 Å². The Kier molecular flexibility index (Phi) is 6.13. The molecule has 2 amide bonds. The Balaban J connectivity index is 1.18. The number of hydrogen-bond donors (Lipinski definition) is 2. The molecule has 4 rings (SSSR count). The number of amides is 2. The molecule has 2 N–H and O–H groups in total. The molecule has 1 aromatic heterocycles. The normalized spacial score (nSPS) is 20.4. The van der Waals surface area contributed by atoms with Crippen LogP contribution in [0.25, 0.3) is 0 Å². The number of carbonyl (C=O) groups is 1. The lowest BCUT2D eigenvalue weighted by molar-refractivity contribution is 0.0342. The fourth-order valence-corrected chi connectivity index (χ4v) is 3.75. The van der Waals surface area contributed by atoms with Crippen LogP contribution in [0.5, 0.6) is 0 Å². The summed E-state index contributed by atoms with van der Waals surface area (Å²) in [4.78, 5) is 16.6. The maximum atomic E-state index is 12.4. The lowest BCUT2D eigenvalue weighted by Gasteiger charge is -2.26. The quantitative estimate of drug-likeness (QED) is 0.762. The number of aromatic nitrogens is 4. The summed E-state index contributed by atoms with van der Waals surface area (Å²) in [5, 5.41) is 17.1. The first-order valence-corrected chi connectivity index (χ1v) is 9.92. The summed E-state index contributed by atoms with van der Waals surface area (Å²) < 4.78 is 5.39. The standard InChI is InChI=1S/C19H27N7O2/c27-19(26-8-6-17(14-26)18-21-23-24-22-18)20-7-5-15-1-3-16(4-2-15)13-25-9-11-28-12-10-25/h1-4,17H,5-14H2,(H,20,27)(H,21,22,23,24). The number of H-pyrrole nitrogens is 1. The molecule has 3 heterocycles. The summed E-state index contributed by atoms with van der Waals surface area (Å²) in [6.07, 6.45) is 1.70. The molecule has 1 unspecified atom stereocenters. The topological polar surface area (TPSA) is 99.3 Å². The Morgan fingerprint density at radius 2 is 1.96 bits per heavy atom. The lowest BCUT2D eigenvalue weighted by Crippen LogP contribution is -2.39. The third-order valence-corrected chi connectivity index (χ3v) is 5.43. The fraction of sp³-hybridized carbons (Fsp3) is 0.579. The zero-order valence-corrected chi connectivity index (χ0v) is 16.0. The highest BCUT2D eigenvalue weighted by Crippen LogP contribution is 2.23. The second-order valence-corrected chi connectivity index (χ2v) is 7.39. The number of rotatable bonds is 6. The van der Waals surface area contributed by atoms with Gasteiger partial charge in [-0.05, 0) is 24.0 Å². The van der Waals surface area contributed by atoms with Crippen molar-refractivity contribution in [3.8, 4) is 0 Å². The van der Waals surface area contributed by atoms with Gasteiger partial charge in [-0.3, -0.25) is 4.90 Å². The molecular weight excluding hydrogens is 358 g/mol. The number of urea groups is 1. The van der Waals surface area contributed by atoms with Gasteiger partial charge in [0.2, 0.25) is 0 Å². The molecular formula is C19H27N7O2. The van der Waals surface area contributed by atoms with E-state index in [9.17, 15) is 4.79 Å². The Bertz CT molecular complexity index is 744. The van der Waals surface area contributed by atoms with Crippen LogP contribution >= 0.6 is 0 Å². The number of nitrogens with zero attached hydrogens (tertiary/aromatic N) is 5. The zero-order chi connectivity index (χ0) is 19.2. The van der Waals surface area contributed by atoms with E-state index >= 15 is 0 Å². The summed E-state index contributed by atoms with van der Waals surface area (Å²) >= 11 is 0. The first-order valence-electron chi connectivity index (χ1n) is 9.92. The first kappa shape index (κ1) is 18.8. The van der Waals surface area contributed by atoms with Crippen molar-refractivity contribution < 1.29 is 9.53 Å². The average molecular weight is 385 g/mol. The molecule has 2 aromatic rings. The van der Waals surface area contributed by atoms with Gasteiger partial charge in [0.15, 0.2) is 5.82 Å². The number of ether oxygens (including phenoxy) is 1. The van der Waals surface area contributed by atoms with Crippen molar-refractivity contribution in [3.05, 3.63) is 41.2 Å². The summed E-state index contributed by atoms with van der Waals surface area (Å²) in [5.74, 6) is 0.857. The van der Waals surface area contributed by atoms with Crippen LogP contribution in [0.2, 0.25) is 0 Å². The zero-order valence-electron chi connectivity index (χ0n) is 16.0. The monoisotopic (exact) mass is 385 g/mol. The van der Waals surface area contributed by atoms with Crippen molar-refractivity contribution in [2.45, 2.75) is 25.3 Å². The molecule has 0 bridgehead atoms. The smallest absolute Gasteiger partial charge is 0.317 e. The number of aromatic amines is 1. The maximum absolute atomic E-state index is 12.4. The van der Waals surface area contributed by atoms with Crippen molar-refractivity contribution in [1.82, 2.24) is 35.7 Å². The van der Waals surface area contributed by atoms with Crippen LogP contribution in [0.1, 0.15) is 29.3 Å². The predicted molar refractivity (Wildman–Crippen MR) is 103 cm³/mol. The van der Waals surface area contributed by atoms with Crippen molar-refractivity contribution >= 4 is 6.03 Å². The highest BCUT2D eigenvalue weighted by molar-refractivity contribution is 5.74. The number of hydrogen-bond acceptors (Lipinski definition) is 6. The second-order valence-electron chi connectivity index (χ2n) is 7.39. The van der Waals surface area contributed by atoms with E-state index in [-0.39, 0.29) is 11.9 Å². The Morgan fingerprint density at radius 1 is 1.18 bits per heavy atom. The van der Waals surface area contributed by atoms with Gasteiger partial charge in [-0.15, -0.1) is 10.2 Å². The van der Waals surface area contributed by atoms with Crippen LogP contribution in [-0.4, -0.2) is 82.4 Å². The van der Waals surface area contributed by atoms with E-state index in [2.05, 4.69) is 55.1 Å². The van der Waals surface area contributed by atoms with E-state index in [0.717, 1.165) is 52.2 Å². The minimum atomic E-state index is -0.0186. The molecule has 2 saturated heterocycles. The Hall–Kier alpha value is -2.52. The van der Waals surface area contributed by atoms with E-state index in [1.165, 1.54) is 11.1 Å². The summed E-state index contributed by atoms with van der Waals surface area (Å²) in [7, 11) is 0. The largest absolute Gasteiger partial charge is 0.379 e. The minimum Gasteiger partial charge on any atom is -0.379 e. The molecule has 2 aliphatic heterocycles. The van der Waals surface area contributed by atoms with Crippen molar-refractivity contribution in [1.29, 1.82) is 0 Å². The molecule has 150 valence electrons. The minimum absolute atomic E-state index is 0.0186. The third-order valence-electron chi connectivity index (χ3n) is 5.43. The number of benzene rings is 1. The molecule has 1 atom stereocenters. The number of nitrogens with one attached hydrogen (secondary N) is 2. The van der Waals surface area contributed by atoms with Gasteiger partial charge in [-0.2, -0.15) is 5.21 Å². The van der Waals surface area contributed by atoms with E-state index in [1.807, 2.05) is 4.90 Å². The highest BCUT2D eigenvalue weighted by Gasteiger charge is 2.29. The summed E-state index contributed by atoms with van der Waals surface area (Å²) in [5.41, 5.74) is 2.55. The first-order chi connectivity index (χ1) is 13.8. The SMILES string of the molecule is O=C(NCCc1ccc(CN2CCOCC2)cc1)N1CCC(c2nn[nH]n2)C1. The molecule has 0 radical (unpaired) electrons. The summed E-state index contributed by atoms with van der Waals surface area (Å²) in [6, 6.07) is 8.66. The van der Waals surface area contributed by atoms with Crippen LogP contribution in [0.3, 0.4) is 0 Å². The number of likely N-dealkylation sites (tertiary alicyclic amines) is 1. The maximum Gasteiger partial charge on any atom is 0.317 e. The van der Waals surface area contributed by atoms with Gasteiger partial charge in [0.25, 0.3) is 0 Å². The molecule has 9 nitrogen and oxygen atoms in total. The van der Waals surface area contributed by atoms with Gasteiger partial charge in [0.05, 0.1) is 13.2 Å². The molecule has 0 spiro atoms. The van der Waals surface area contributed by atoms with E-state index in [4.69, 9.17) is 4.74 Å². The molecule has 2 fully saturated rings. The van der Waals surface area contributed by atoms with Crippen molar-refractivity contribution in [2.24, 2.45) is 0 Å². The molecule has 0 aliphatic carbocycles. The lowest BCUT2D eigenvalue weighted by atomic mass is 10.1. The highest BCUT2D eigenvalue weighted by atomic mass is 16.5. The van der Waals surface area contributed by atoms with Gasteiger partial charge in [-0.25, -0.2) is 4.79 Å². The number of morpholine rings is 1. The van der Waals surface area contributed by atoms with E-state index < -0.39 is 0 Å². The van der Waals surface area contributed by atoms with Crippen LogP contribution in [-0.2, 0) is 17.7 Å². The van der Waals surface area contributed by atoms with Crippen molar-refractivity contribution in [3.63, 3.8) is 0 Å². The van der Waals surface area contributed by atoms with Gasteiger partial charge >= 0.3 is 6.03 Å². The van der Waals surface area contributed by atoms with Crippen LogP contribution < -0.4 is 5.32 Å². The predicted octanol–water partition coefficient (Wildman–Crippen LogP) is 0.774. The van der Waals surface area contributed by atoms with Crippen molar-refractivity contribution in [2.75, 3.05) is 45.9 Å². The van der Waals surface area contributed by atoms with Gasteiger partial charge < -0.3 is 15.0 Å². The Labute approximate surface area is 164 Å². The molecule has 0 saturated carbocycles. The van der Waals surface area contributed by atoms with Crippen LogP contribution in [0.15, 0.2) is 24.3 Å². The fourth-order valence-electron chi connectivity index (χ4n) is 3.75. The summed E-state index contributed by atoms with van der Waals surface area (Å²) in [6.45, 7) is 6.61. The molecule has 1 aromatic carbocycles. The van der Waals surface area contributed by atoms with Gasteiger partial charge in [0.1, 0.15) is 0 Å². The van der Waals surface area contributed by atoms with Crippen LogP contribution in [0, 0.1) is 0 Å². The molecule has 9 heteroatoms. The second kappa shape index (κ2) is 9.11. The van der Waals surface area contributed by atoms with Crippen LogP contribution in [0.4, 0.5) is 4.79 Å². The third kappa shape index (κ3) is 4.85. The average Bonchev–Trinajstić information content (AvgIpc) is 3.42.